The highest BCUT2D eigenvalue weighted by atomic mass is 127. The Morgan fingerprint density at radius 1 is 1.75 bits per heavy atom. The Labute approximate surface area is 65.4 Å². The summed E-state index contributed by atoms with van der Waals surface area (Å²) in [5.41, 5.74) is -0.647. The molecular weight excluding hydrogens is 237 g/mol. The molecule has 0 heterocycles. The Morgan fingerprint density at radius 2 is 2.25 bits per heavy atom. The summed E-state index contributed by atoms with van der Waals surface area (Å²) in [6.07, 6.45) is 0. The number of halogens is 1. The van der Waals surface area contributed by atoms with E-state index in [1.165, 1.54) is 9.21 Å². The van der Waals surface area contributed by atoms with Crippen molar-refractivity contribution in [2.75, 3.05) is 0 Å². The third-order valence-corrected chi connectivity index (χ3v) is 1.53. The van der Waals surface area contributed by atoms with Gasteiger partial charge >= 0.3 is 0 Å². The minimum atomic E-state index is -0.647. The van der Waals surface area contributed by atoms with E-state index in [-0.39, 0.29) is 0 Å². The van der Waals surface area contributed by atoms with E-state index in [4.69, 9.17) is 9.44 Å². The van der Waals surface area contributed by atoms with E-state index in [1.54, 1.807) is 13.8 Å². The third kappa shape index (κ3) is 3.52. The van der Waals surface area contributed by atoms with E-state index in [0.717, 1.165) is 0 Å². The molecule has 46 valence electrons. The number of hydrogen-bond acceptors (Lipinski definition) is 3. The Hall–Kier alpha value is 0.530. The molecule has 0 aliphatic heterocycles. The van der Waals surface area contributed by atoms with Crippen LogP contribution in [0.4, 0.5) is 0 Å². The smallest absolute Gasteiger partial charge is 0.164 e. The van der Waals surface area contributed by atoms with Gasteiger partial charge in [0.2, 0.25) is 0 Å². The van der Waals surface area contributed by atoms with Gasteiger partial charge in [0.1, 0.15) is 0 Å². The maximum atomic E-state index is 8.33. The van der Waals surface area contributed by atoms with Gasteiger partial charge in [0.25, 0.3) is 0 Å². The van der Waals surface area contributed by atoms with Crippen LogP contribution in [0.3, 0.4) is 0 Å². The number of nitriles is 1. The topological polar surface area (TPSA) is 33.0 Å². The van der Waals surface area contributed by atoms with Gasteiger partial charge in [-0.2, -0.15) is 5.26 Å². The highest BCUT2D eigenvalue weighted by Crippen LogP contribution is 2.21. The SMILES string of the molecule is CC(C)(C#N)OSI. The molecule has 0 aromatic carbocycles. The lowest BCUT2D eigenvalue weighted by Gasteiger charge is -2.10. The minimum Gasteiger partial charge on any atom is -0.284 e. The second kappa shape index (κ2) is 3.54. The first-order chi connectivity index (χ1) is 3.62. The van der Waals surface area contributed by atoms with Crippen molar-refractivity contribution in [2.24, 2.45) is 0 Å². The Morgan fingerprint density at radius 3 is 2.38 bits per heavy atom. The molecule has 0 radical (unpaired) electrons. The van der Waals surface area contributed by atoms with Gasteiger partial charge in [0.15, 0.2) is 5.60 Å². The molecule has 8 heavy (non-hydrogen) atoms. The van der Waals surface area contributed by atoms with Gasteiger partial charge < -0.3 is 0 Å². The monoisotopic (exact) mass is 243 g/mol. The van der Waals surface area contributed by atoms with E-state index in [9.17, 15) is 0 Å². The van der Waals surface area contributed by atoms with Crippen LogP contribution in [0.25, 0.3) is 0 Å². The van der Waals surface area contributed by atoms with Crippen molar-refractivity contribution in [3.05, 3.63) is 0 Å². The van der Waals surface area contributed by atoms with Crippen molar-refractivity contribution in [1.29, 1.82) is 5.26 Å². The van der Waals surface area contributed by atoms with Crippen molar-refractivity contribution in [2.45, 2.75) is 19.4 Å². The number of rotatable bonds is 2. The van der Waals surface area contributed by atoms with E-state index in [1.807, 2.05) is 27.3 Å². The molecule has 0 amide bonds. The Bertz CT molecular complexity index is 109. The van der Waals surface area contributed by atoms with Crippen LogP contribution in [0.2, 0.25) is 0 Å². The number of nitrogens with zero attached hydrogens (tertiary/aromatic N) is 1. The summed E-state index contributed by atoms with van der Waals surface area (Å²) < 4.78 is 4.92. The van der Waals surface area contributed by atoms with E-state index in [0.29, 0.717) is 0 Å². The van der Waals surface area contributed by atoms with Gasteiger partial charge in [-0.1, -0.05) is 0 Å². The molecule has 0 spiro atoms. The van der Waals surface area contributed by atoms with Crippen molar-refractivity contribution in [1.82, 2.24) is 0 Å². The van der Waals surface area contributed by atoms with E-state index >= 15 is 0 Å². The quantitative estimate of drug-likeness (QED) is 0.551. The van der Waals surface area contributed by atoms with Crippen LogP contribution in [-0.2, 0) is 4.18 Å². The van der Waals surface area contributed by atoms with E-state index in [2.05, 4.69) is 0 Å². The first-order valence-electron chi connectivity index (χ1n) is 2.00. The fourth-order valence-electron chi connectivity index (χ4n) is 0.0974. The zero-order chi connectivity index (χ0) is 6.62. The summed E-state index contributed by atoms with van der Waals surface area (Å²) >= 11 is 1.98. The Balaban J connectivity index is 3.59. The predicted octanol–water partition coefficient (Wildman–Crippen LogP) is 2.30. The van der Waals surface area contributed by atoms with Crippen molar-refractivity contribution in [3.8, 4) is 6.07 Å². The minimum absolute atomic E-state index is 0.647. The molecule has 0 aliphatic carbocycles. The zero-order valence-electron chi connectivity index (χ0n) is 4.64. The average Bonchev–Trinajstić information content (AvgIpc) is 1.67. The van der Waals surface area contributed by atoms with Crippen LogP contribution < -0.4 is 0 Å². The lowest BCUT2D eigenvalue weighted by molar-refractivity contribution is 0.213. The second-order valence-corrected chi connectivity index (χ2v) is 3.14. The molecule has 0 fully saturated rings. The van der Waals surface area contributed by atoms with Crippen LogP contribution in [0.1, 0.15) is 13.8 Å². The molecule has 0 atom stereocenters. The first kappa shape index (κ1) is 8.53. The molecule has 0 bridgehead atoms. The highest BCUT2D eigenvalue weighted by molar-refractivity contribution is 14.2. The van der Waals surface area contributed by atoms with Gasteiger partial charge in [-0.25, -0.2) is 0 Å². The molecular formula is C4H6INOS. The summed E-state index contributed by atoms with van der Waals surface area (Å²) in [5, 5.41) is 8.33. The summed E-state index contributed by atoms with van der Waals surface area (Å²) in [5.74, 6) is 0. The van der Waals surface area contributed by atoms with Crippen LogP contribution in [-0.4, -0.2) is 5.60 Å². The van der Waals surface area contributed by atoms with Crippen molar-refractivity contribution >= 4 is 30.4 Å². The van der Waals surface area contributed by atoms with Gasteiger partial charge in [0, 0.05) is 21.2 Å². The Kier molecular flexibility index (Phi) is 3.77. The van der Waals surface area contributed by atoms with Gasteiger partial charge in [-0.05, 0) is 13.8 Å². The van der Waals surface area contributed by atoms with Gasteiger partial charge in [-0.15, -0.1) is 0 Å². The molecule has 4 heteroatoms. The first-order valence-corrected chi connectivity index (χ1v) is 5.28. The predicted molar refractivity (Wildman–Crippen MR) is 42.4 cm³/mol. The van der Waals surface area contributed by atoms with Gasteiger partial charge in [-0.3, -0.25) is 4.18 Å². The third-order valence-electron chi connectivity index (χ3n) is 0.509. The lowest BCUT2D eigenvalue weighted by Crippen LogP contribution is -2.16. The maximum Gasteiger partial charge on any atom is 0.164 e. The largest absolute Gasteiger partial charge is 0.284 e. The molecule has 0 unspecified atom stereocenters. The fraction of sp³-hybridized carbons (Fsp3) is 0.750. The summed E-state index contributed by atoms with van der Waals surface area (Å²) in [7, 11) is 1.18. The number of hydrogen-bond donors (Lipinski definition) is 0. The van der Waals surface area contributed by atoms with Crippen molar-refractivity contribution < 1.29 is 4.18 Å². The standard InChI is InChI=1S/C4H6INOS/c1-4(2,3-6)7-8-5/h1-2H3. The molecule has 0 N–H and O–H groups in total. The molecule has 0 rings (SSSR count). The zero-order valence-corrected chi connectivity index (χ0v) is 7.62. The van der Waals surface area contributed by atoms with Crippen LogP contribution in [0.15, 0.2) is 0 Å². The van der Waals surface area contributed by atoms with Crippen LogP contribution >= 0.6 is 30.4 Å². The highest BCUT2D eigenvalue weighted by Gasteiger charge is 2.16. The molecule has 0 aliphatic rings. The normalized spacial score (nSPS) is 10.8. The van der Waals surface area contributed by atoms with Crippen LogP contribution in [0.5, 0.6) is 0 Å². The second-order valence-electron chi connectivity index (χ2n) is 1.77. The summed E-state index contributed by atoms with van der Waals surface area (Å²) in [6, 6.07) is 1.99. The van der Waals surface area contributed by atoms with E-state index < -0.39 is 5.60 Å². The van der Waals surface area contributed by atoms with Crippen LogP contribution in [0, 0.1) is 11.3 Å². The molecule has 0 saturated carbocycles. The molecule has 0 aromatic rings. The molecule has 0 aromatic heterocycles. The summed E-state index contributed by atoms with van der Waals surface area (Å²) in [4.78, 5) is 0. The van der Waals surface area contributed by atoms with Crippen molar-refractivity contribution in [3.63, 3.8) is 0 Å². The molecule has 2 nitrogen and oxygen atoms in total. The summed E-state index contributed by atoms with van der Waals surface area (Å²) in [6.45, 7) is 3.44. The molecule has 0 saturated heterocycles. The average molecular weight is 243 g/mol. The lowest BCUT2D eigenvalue weighted by atomic mass is 10.2. The fourth-order valence-corrected chi connectivity index (χ4v) is 1.64. The maximum absolute atomic E-state index is 8.33. The van der Waals surface area contributed by atoms with Gasteiger partial charge in [0.05, 0.1) is 15.3 Å².